The third-order valence-electron chi connectivity index (χ3n) is 6.67. The van der Waals surface area contributed by atoms with Gasteiger partial charge in [-0.05, 0) is 79.6 Å². The first-order chi connectivity index (χ1) is 14.8. The smallest absolute Gasteiger partial charge is 0.160 e. The van der Waals surface area contributed by atoms with Crippen molar-refractivity contribution in [2.24, 2.45) is 5.92 Å². The Bertz CT molecular complexity index is 889. The van der Waals surface area contributed by atoms with E-state index in [1.807, 2.05) is 18.2 Å². The number of rotatable bonds is 9. The van der Waals surface area contributed by atoms with Crippen LogP contribution in [-0.2, 0) is 12.8 Å². The van der Waals surface area contributed by atoms with Gasteiger partial charge >= 0.3 is 0 Å². The quantitative estimate of drug-likeness (QED) is 0.494. The monoisotopic (exact) mass is 481 g/mol. The Kier molecular flexibility index (Phi) is 9.71. The van der Waals surface area contributed by atoms with Gasteiger partial charge in [0.15, 0.2) is 11.5 Å². The van der Waals surface area contributed by atoms with Crippen molar-refractivity contribution >= 4 is 24.0 Å². The summed E-state index contributed by atoms with van der Waals surface area (Å²) >= 11 is 6.21. The normalized spacial score (nSPS) is 20.1. The van der Waals surface area contributed by atoms with Crippen LogP contribution in [0.4, 0.5) is 0 Å². The Hall–Kier alpha value is -1.46. The number of methoxy groups -OCH3 is 2. The molecule has 178 valence electrons. The first-order valence-electron chi connectivity index (χ1n) is 11.2. The minimum absolute atomic E-state index is 0. The summed E-state index contributed by atoms with van der Waals surface area (Å²) in [5.74, 6) is 2.01. The third kappa shape index (κ3) is 6.11. The molecule has 1 aliphatic rings. The van der Waals surface area contributed by atoms with Gasteiger partial charge < -0.3 is 19.5 Å². The van der Waals surface area contributed by atoms with E-state index >= 15 is 0 Å². The van der Waals surface area contributed by atoms with Gasteiger partial charge in [0.25, 0.3) is 0 Å². The molecule has 0 radical (unpaired) electrons. The van der Waals surface area contributed by atoms with Gasteiger partial charge in [0.2, 0.25) is 0 Å². The van der Waals surface area contributed by atoms with E-state index in [0.717, 1.165) is 55.3 Å². The van der Waals surface area contributed by atoms with Crippen LogP contribution < -0.4 is 9.47 Å². The molecule has 0 fully saturated rings. The molecule has 2 aromatic carbocycles. The first-order valence-corrected chi connectivity index (χ1v) is 11.6. The van der Waals surface area contributed by atoms with E-state index in [9.17, 15) is 5.11 Å². The molecular weight excluding hydrogens is 445 g/mol. The van der Waals surface area contributed by atoms with E-state index in [1.54, 1.807) is 14.2 Å². The van der Waals surface area contributed by atoms with Crippen molar-refractivity contribution in [1.82, 2.24) is 4.90 Å². The van der Waals surface area contributed by atoms with Gasteiger partial charge in [0.1, 0.15) is 0 Å². The summed E-state index contributed by atoms with van der Waals surface area (Å²) in [6.07, 6.45) is 3.35. The van der Waals surface area contributed by atoms with Gasteiger partial charge in [-0.2, -0.15) is 0 Å². The predicted molar refractivity (Wildman–Crippen MR) is 135 cm³/mol. The number of benzene rings is 2. The second kappa shape index (κ2) is 11.6. The molecule has 2 atom stereocenters. The Labute approximate surface area is 204 Å². The minimum Gasteiger partial charge on any atom is -0.493 e. The zero-order valence-corrected chi connectivity index (χ0v) is 21.4. The molecule has 1 N–H and O–H groups in total. The minimum atomic E-state index is -0.688. The lowest BCUT2D eigenvalue weighted by Crippen LogP contribution is -2.45. The Morgan fingerprint density at radius 3 is 2.47 bits per heavy atom. The number of likely N-dealkylation sites (N-methyl/N-ethyl adjacent to an activating group) is 1. The van der Waals surface area contributed by atoms with Gasteiger partial charge in [-0.3, -0.25) is 0 Å². The zero-order valence-electron chi connectivity index (χ0n) is 19.9. The third-order valence-corrected chi connectivity index (χ3v) is 6.90. The van der Waals surface area contributed by atoms with Crippen molar-refractivity contribution in [3.63, 3.8) is 0 Å². The molecule has 4 nitrogen and oxygen atoms in total. The van der Waals surface area contributed by atoms with Crippen LogP contribution in [-0.4, -0.2) is 50.0 Å². The standard InChI is InChI=1S/C26H36ClNO3.ClH/c1-18(2)25-22-8-7-21(27)17-20(22)10-12-26(25,29)13-15-28(3)14-11-19-6-9-23(30-4)24(16-19)31-5;/h6-9,16-18,25,29H,10-15H2,1-5H3;1H/t25-,26-;/m0./s1. The summed E-state index contributed by atoms with van der Waals surface area (Å²) in [5.41, 5.74) is 3.08. The Balaban J connectivity index is 0.00000363. The molecule has 32 heavy (non-hydrogen) atoms. The van der Waals surface area contributed by atoms with Crippen molar-refractivity contribution in [2.45, 2.75) is 51.0 Å². The van der Waals surface area contributed by atoms with Crippen LogP contribution in [0.2, 0.25) is 5.02 Å². The molecule has 0 heterocycles. The summed E-state index contributed by atoms with van der Waals surface area (Å²) < 4.78 is 10.7. The van der Waals surface area contributed by atoms with Crippen LogP contribution in [0, 0.1) is 5.92 Å². The van der Waals surface area contributed by atoms with Crippen molar-refractivity contribution < 1.29 is 14.6 Å². The largest absolute Gasteiger partial charge is 0.493 e. The number of ether oxygens (including phenoxy) is 2. The molecule has 1 aliphatic carbocycles. The van der Waals surface area contributed by atoms with Crippen LogP contribution in [0.25, 0.3) is 0 Å². The van der Waals surface area contributed by atoms with Crippen LogP contribution in [0.1, 0.15) is 49.3 Å². The predicted octanol–water partition coefficient (Wildman–Crippen LogP) is 5.76. The summed E-state index contributed by atoms with van der Waals surface area (Å²) in [6.45, 7) is 6.19. The highest BCUT2D eigenvalue weighted by atomic mass is 35.5. The van der Waals surface area contributed by atoms with Crippen molar-refractivity contribution in [1.29, 1.82) is 0 Å². The van der Waals surface area contributed by atoms with Gasteiger partial charge in [-0.15, -0.1) is 12.4 Å². The van der Waals surface area contributed by atoms with Crippen LogP contribution in [0.15, 0.2) is 36.4 Å². The number of halogens is 2. The topological polar surface area (TPSA) is 41.9 Å². The molecule has 0 bridgehead atoms. The maximum atomic E-state index is 11.7. The second-order valence-corrected chi connectivity index (χ2v) is 9.60. The summed E-state index contributed by atoms with van der Waals surface area (Å²) in [6, 6.07) is 12.2. The number of nitrogens with zero attached hydrogens (tertiary/aromatic N) is 1. The Morgan fingerprint density at radius 2 is 1.81 bits per heavy atom. The molecule has 0 saturated heterocycles. The number of aryl methyl sites for hydroxylation is 1. The number of hydrogen-bond acceptors (Lipinski definition) is 4. The molecule has 0 aliphatic heterocycles. The van der Waals surface area contributed by atoms with Gasteiger partial charge in [-0.25, -0.2) is 0 Å². The van der Waals surface area contributed by atoms with E-state index in [2.05, 4.69) is 44.0 Å². The van der Waals surface area contributed by atoms with Crippen LogP contribution in [0.3, 0.4) is 0 Å². The first kappa shape index (κ1) is 26.8. The molecule has 6 heteroatoms. The average Bonchev–Trinajstić information content (AvgIpc) is 2.75. The fraction of sp³-hybridized carbons (Fsp3) is 0.538. The fourth-order valence-corrected chi connectivity index (χ4v) is 5.20. The van der Waals surface area contributed by atoms with E-state index in [-0.39, 0.29) is 18.3 Å². The molecular formula is C26H37Cl2NO3. The van der Waals surface area contributed by atoms with Crippen molar-refractivity contribution in [3.8, 4) is 11.5 Å². The zero-order chi connectivity index (χ0) is 22.6. The molecule has 0 unspecified atom stereocenters. The molecule has 2 aromatic rings. The molecule has 0 aromatic heterocycles. The van der Waals surface area contributed by atoms with E-state index in [0.29, 0.717) is 5.92 Å². The van der Waals surface area contributed by atoms with Gasteiger partial charge in [0, 0.05) is 24.0 Å². The maximum absolute atomic E-state index is 11.7. The summed E-state index contributed by atoms with van der Waals surface area (Å²) in [5, 5.41) is 12.5. The van der Waals surface area contributed by atoms with E-state index in [4.69, 9.17) is 21.1 Å². The summed E-state index contributed by atoms with van der Waals surface area (Å²) in [4.78, 5) is 2.31. The lowest BCUT2D eigenvalue weighted by molar-refractivity contribution is -0.0299. The lowest BCUT2D eigenvalue weighted by Gasteiger charge is -2.44. The highest BCUT2D eigenvalue weighted by molar-refractivity contribution is 6.30. The van der Waals surface area contributed by atoms with Crippen LogP contribution in [0.5, 0.6) is 11.5 Å². The fourth-order valence-electron chi connectivity index (χ4n) is 5.00. The number of fused-ring (bicyclic) bond motifs is 1. The van der Waals surface area contributed by atoms with Crippen LogP contribution >= 0.6 is 24.0 Å². The van der Waals surface area contributed by atoms with Gasteiger partial charge in [-0.1, -0.05) is 37.6 Å². The van der Waals surface area contributed by atoms with Crippen molar-refractivity contribution in [2.75, 3.05) is 34.4 Å². The molecule has 0 spiro atoms. The summed E-state index contributed by atoms with van der Waals surface area (Å²) in [7, 11) is 5.44. The van der Waals surface area contributed by atoms with Gasteiger partial charge in [0.05, 0.1) is 19.8 Å². The lowest BCUT2D eigenvalue weighted by atomic mass is 9.66. The van der Waals surface area contributed by atoms with E-state index < -0.39 is 5.60 Å². The highest BCUT2D eigenvalue weighted by Crippen LogP contribution is 2.46. The second-order valence-electron chi connectivity index (χ2n) is 9.16. The Morgan fingerprint density at radius 1 is 1.09 bits per heavy atom. The highest BCUT2D eigenvalue weighted by Gasteiger charge is 2.43. The SMILES string of the molecule is COc1ccc(CCN(C)CC[C@@]2(O)CCc3cc(Cl)ccc3[C@@H]2C(C)C)cc1OC.Cl. The number of hydrogen-bond donors (Lipinski definition) is 1. The molecule has 3 rings (SSSR count). The van der Waals surface area contributed by atoms with Crippen molar-refractivity contribution in [3.05, 3.63) is 58.1 Å². The average molecular weight is 482 g/mol. The maximum Gasteiger partial charge on any atom is 0.160 e. The number of aliphatic hydroxyl groups is 1. The molecule has 0 amide bonds. The molecule has 0 saturated carbocycles. The van der Waals surface area contributed by atoms with E-state index in [1.165, 1.54) is 16.7 Å².